The fraction of sp³-hybridized carbons (Fsp3) is 0.714. The largest absolute Gasteiger partial charge is 0.385 e. The number of amides is 1. The molecule has 1 fully saturated rings. The maximum atomic E-state index is 12.3. The van der Waals surface area contributed by atoms with E-state index in [2.05, 4.69) is 5.10 Å². The molecule has 5 heteroatoms. The van der Waals surface area contributed by atoms with E-state index >= 15 is 0 Å². The van der Waals surface area contributed by atoms with Crippen LogP contribution in [-0.2, 0) is 11.8 Å². The molecule has 0 bridgehead atoms. The average molecular weight is 265 g/mol. The van der Waals surface area contributed by atoms with Gasteiger partial charge in [-0.25, -0.2) is 0 Å². The molecule has 1 saturated heterocycles. The summed E-state index contributed by atoms with van der Waals surface area (Å²) in [4.78, 5) is 14.2. The number of aromatic nitrogens is 2. The quantitative estimate of drug-likeness (QED) is 0.831. The molecule has 2 rings (SSSR count). The van der Waals surface area contributed by atoms with Crippen LogP contribution in [0.3, 0.4) is 0 Å². The predicted octanol–water partition coefficient (Wildman–Crippen LogP) is 1.62. The Morgan fingerprint density at radius 2 is 2.16 bits per heavy atom. The Balaban J connectivity index is 1.89. The van der Waals surface area contributed by atoms with Gasteiger partial charge in [0.15, 0.2) is 5.69 Å². The number of hydrogen-bond acceptors (Lipinski definition) is 3. The Morgan fingerprint density at radius 3 is 2.68 bits per heavy atom. The molecule has 0 unspecified atom stereocenters. The van der Waals surface area contributed by atoms with E-state index in [0.717, 1.165) is 44.7 Å². The number of likely N-dealkylation sites (tertiary alicyclic amines) is 1. The molecule has 1 aromatic heterocycles. The monoisotopic (exact) mass is 265 g/mol. The van der Waals surface area contributed by atoms with Crippen LogP contribution in [0.5, 0.6) is 0 Å². The predicted molar refractivity (Wildman–Crippen MR) is 73.1 cm³/mol. The van der Waals surface area contributed by atoms with Crippen LogP contribution >= 0.6 is 0 Å². The first kappa shape index (κ1) is 14.1. The molecule has 0 spiro atoms. The summed E-state index contributed by atoms with van der Waals surface area (Å²) in [5, 5.41) is 4.26. The van der Waals surface area contributed by atoms with Gasteiger partial charge in [0.2, 0.25) is 0 Å². The Bertz CT molecular complexity index is 414. The number of methoxy groups -OCH3 is 1. The lowest BCUT2D eigenvalue weighted by Crippen LogP contribution is -2.38. The summed E-state index contributed by atoms with van der Waals surface area (Å²) < 4.78 is 6.86. The first-order chi connectivity index (χ1) is 9.11. The zero-order valence-electron chi connectivity index (χ0n) is 12.1. The second kappa shape index (κ2) is 6.19. The number of carbonyl (C=O) groups excluding carboxylic acids is 1. The van der Waals surface area contributed by atoms with Crippen molar-refractivity contribution in [3.8, 4) is 0 Å². The third-order valence-corrected chi connectivity index (χ3v) is 3.96. The highest BCUT2D eigenvalue weighted by atomic mass is 16.5. The fourth-order valence-corrected chi connectivity index (χ4v) is 2.54. The average Bonchev–Trinajstić information content (AvgIpc) is 2.76. The summed E-state index contributed by atoms with van der Waals surface area (Å²) in [6.45, 7) is 4.45. The van der Waals surface area contributed by atoms with E-state index in [0.29, 0.717) is 11.6 Å². The van der Waals surface area contributed by atoms with E-state index in [9.17, 15) is 4.79 Å². The van der Waals surface area contributed by atoms with Crippen LogP contribution in [0, 0.1) is 12.8 Å². The van der Waals surface area contributed by atoms with Gasteiger partial charge in [0, 0.05) is 39.5 Å². The van der Waals surface area contributed by atoms with Crippen LogP contribution in [0.4, 0.5) is 0 Å². The van der Waals surface area contributed by atoms with Crippen LogP contribution in [0.15, 0.2) is 6.07 Å². The van der Waals surface area contributed by atoms with Crippen molar-refractivity contribution in [2.75, 3.05) is 26.8 Å². The van der Waals surface area contributed by atoms with Crippen LogP contribution < -0.4 is 0 Å². The number of aryl methyl sites for hydroxylation is 2. The molecule has 1 aromatic rings. The standard InChI is InChI=1S/C14H23N3O2/c1-11-10-13(15-16(11)2)14(18)17-7-4-12(5-8-17)6-9-19-3/h10,12H,4-9H2,1-3H3. The zero-order chi connectivity index (χ0) is 13.8. The van der Waals surface area contributed by atoms with E-state index in [1.807, 2.05) is 24.9 Å². The van der Waals surface area contributed by atoms with Crippen molar-refractivity contribution in [1.29, 1.82) is 0 Å². The van der Waals surface area contributed by atoms with Crippen molar-refractivity contribution >= 4 is 5.91 Å². The molecule has 2 heterocycles. The second-order valence-electron chi connectivity index (χ2n) is 5.31. The molecule has 0 atom stereocenters. The Morgan fingerprint density at radius 1 is 1.47 bits per heavy atom. The lowest BCUT2D eigenvalue weighted by Gasteiger charge is -2.31. The van der Waals surface area contributed by atoms with E-state index < -0.39 is 0 Å². The summed E-state index contributed by atoms with van der Waals surface area (Å²) in [6.07, 6.45) is 3.24. The van der Waals surface area contributed by atoms with Crippen molar-refractivity contribution < 1.29 is 9.53 Å². The highest BCUT2D eigenvalue weighted by Gasteiger charge is 2.24. The smallest absolute Gasteiger partial charge is 0.274 e. The maximum absolute atomic E-state index is 12.3. The molecule has 0 aromatic carbocycles. The molecule has 0 aliphatic carbocycles. The van der Waals surface area contributed by atoms with Crippen molar-refractivity contribution in [1.82, 2.24) is 14.7 Å². The molecule has 0 N–H and O–H groups in total. The number of nitrogens with zero attached hydrogens (tertiary/aromatic N) is 3. The number of ether oxygens (including phenoxy) is 1. The summed E-state index contributed by atoms with van der Waals surface area (Å²) in [5.41, 5.74) is 1.58. The van der Waals surface area contributed by atoms with Gasteiger partial charge in [-0.15, -0.1) is 0 Å². The van der Waals surface area contributed by atoms with E-state index in [4.69, 9.17) is 4.74 Å². The molecule has 0 radical (unpaired) electrons. The van der Waals surface area contributed by atoms with Gasteiger partial charge >= 0.3 is 0 Å². The molecule has 19 heavy (non-hydrogen) atoms. The first-order valence-electron chi connectivity index (χ1n) is 6.90. The molecule has 1 aliphatic rings. The van der Waals surface area contributed by atoms with Gasteiger partial charge in [0.25, 0.3) is 5.91 Å². The minimum absolute atomic E-state index is 0.0638. The summed E-state index contributed by atoms with van der Waals surface area (Å²) in [5.74, 6) is 0.753. The maximum Gasteiger partial charge on any atom is 0.274 e. The van der Waals surface area contributed by atoms with E-state index in [1.165, 1.54) is 0 Å². The molecular weight excluding hydrogens is 242 g/mol. The van der Waals surface area contributed by atoms with Gasteiger partial charge in [-0.3, -0.25) is 9.48 Å². The van der Waals surface area contributed by atoms with Gasteiger partial charge in [0.05, 0.1) is 0 Å². The van der Waals surface area contributed by atoms with Crippen molar-refractivity contribution in [3.63, 3.8) is 0 Å². The summed E-state index contributed by atoms with van der Waals surface area (Å²) in [6, 6.07) is 1.86. The van der Waals surface area contributed by atoms with Gasteiger partial charge in [-0.05, 0) is 38.2 Å². The molecule has 1 aliphatic heterocycles. The van der Waals surface area contributed by atoms with E-state index in [-0.39, 0.29) is 5.91 Å². The third-order valence-electron chi connectivity index (χ3n) is 3.96. The van der Waals surface area contributed by atoms with Crippen molar-refractivity contribution in [3.05, 3.63) is 17.5 Å². The highest BCUT2D eigenvalue weighted by molar-refractivity contribution is 5.92. The first-order valence-corrected chi connectivity index (χ1v) is 6.90. The zero-order valence-corrected chi connectivity index (χ0v) is 12.1. The Hall–Kier alpha value is -1.36. The van der Waals surface area contributed by atoms with Crippen LogP contribution in [0.2, 0.25) is 0 Å². The number of carbonyl (C=O) groups is 1. The minimum atomic E-state index is 0.0638. The number of piperidine rings is 1. The minimum Gasteiger partial charge on any atom is -0.385 e. The lowest BCUT2D eigenvalue weighted by molar-refractivity contribution is 0.0663. The van der Waals surface area contributed by atoms with Crippen molar-refractivity contribution in [2.24, 2.45) is 13.0 Å². The van der Waals surface area contributed by atoms with E-state index in [1.54, 1.807) is 11.8 Å². The van der Waals surface area contributed by atoms with Gasteiger partial charge in [-0.1, -0.05) is 0 Å². The summed E-state index contributed by atoms with van der Waals surface area (Å²) >= 11 is 0. The Kier molecular flexibility index (Phi) is 4.58. The lowest BCUT2D eigenvalue weighted by atomic mass is 9.94. The van der Waals surface area contributed by atoms with Crippen molar-refractivity contribution in [2.45, 2.75) is 26.2 Å². The third kappa shape index (κ3) is 3.35. The molecule has 106 valence electrons. The second-order valence-corrected chi connectivity index (χ2v) is 5.31. The van der Waals surface area contributed by atoms with Crippen LogP contribution in [0.25, 0.3) is 0 Å². The molecule has 0 saturated carbocycles. The van der Waals surface area contributed by atoms with Gasteiger partial charge in [0.1, 0.15) is 0 Å². The topological polar surface area (TPSA) is 47.4 Å². The number of rotatable bonds is 4. The van der Waals surface area contributed by atoms with Gasteiger partial charge in [-0.2, -0.15) is 5.10 Å². The number of hydrogen-bond donors (Lipinski definition) is 0. The van der Waals surface area contributed by atoms with Crippen LogP contribution in [-0.4, -0.2) is 47.4 Å². The molecule has 5 nitrogen and oxygen atoms in total. The van der Waals surface area contributed by atoms with Gasteiger partial charge < -0.3 is 9.64 Å². The SMILES string of the molecule is COCCC1CCN(C(=O)c2cc(C)n(C)n2)CC1. The summed E-state index contributed by atoms with van der Waals surface area (Å²) in [7, 11) is 3.60. The molecular formula is C14H23N3O2. The molecule has 1 amide bonds. The normalized spacial score (nSPS) is 16.9. The fourth-order valence-electron chi connectivity index (χ4n) is 2.54. The Labute approximate surface area is 114 Å². The highest BCUT2D eigenvalue weighted by Crippen LogP contribution is 2.21. The van der Waals surface area contributed by atoms with Crippen LogP contribution in [0.1, 0.15) is 35.4 Å².